The highest BCUT2D eigenvalue weighted by molar-refractivity contribution is 7.91. The van der Waals surface area contributed by atoms with E-state index < -0.39 is 9.84 Å². The monoisotopic (exact) mass is 262 g/mol. The van der Waals surface area contributed by atoms with Crippen molar-refractivity contribution in [2.24, 2.45) is 17.6 Å². The maximum atomic E-state index is 11.6. The van der Waals surface area contributed by atoms with Gasteiger partial charge in [-0.2, -0.15) is 0 Å². The van der Waals surface area contributed by atoms with Gasteiger partial charge in [0.2, 0.25) is 5.91 Å². The van der Waals surface area contributed by atoms with E-state index in [4.69, 9.17) is 5.73 Å². The normalized spacial score (nSPS) is 24.8. The van der Waals surface area contributed by atoms with E-state index in [1.54, 1.807) is 0 Å². The van der Waals surface area contributed by atoms with E-state index in [-0.39, 0.29) is 29.4 Å². The lowest BCUT2D eigenvalue weighted by atomic mass is 10.0. The highest BCUT2D eigenvalue weighted by atomic mass is 32.2. The number of amides is 1. The fraction of sp³-hybridized carbons (Fsp3) is 0.909. The lowest BCUT2D eigenvalue weighted by Gasteiger charge is -2.16. The van der Waals surface area contributed by atoms with Crippen LogP contribution in [-0.2, 0) is 14.6 Å². The summed E-state index contributed by atoms with van der Waals surface area (Å²) in [5, 5.41) is 2.76. The molecule has 6 heteroatoms. The van der Waals surface area contributed by atoms with Gasteiger partial charge >= 0.3 is 0 Å². The van der Waals surface area contributed by atoms with E-state index >= 15 is 0 Å². The largest absolute Gasteiger partial charge is 0.355 e. The van der Waals surface area contributed by atoms with Crippen LogP contribution in [0.25, 0.3) is 0 Å². The molecule has 0 saturated carbocycles. The molecule has 0 aliphatic carbocycles. The maximum absolute atomic E-state index is 11.6. The Morgan fingerprint density at radius 2 is 2.12 bits per heavy atom. The summed E-state index contributed by atoms with van der Waals surface area (Å²) in [6, 6.07) is -0.0498. The molecule has 100 valence electrons. The van der Waals surface area contributed by atoms with Gasteiger partial charge in [0.05, 0.1) is 11.5 Å². The minimum absolute atomic E-state index is 0.0183. The number of nitrogens with one attached hydrogen (secondary N) is 1. The Morgan fingerprint density at radius 1 is 1.47 bits per heavy atom. The van der Waals surface area contributed by atoms with Gasteiger partial charge in [-0.3, -0.25) is 4.79 Å². The van der Waals surface area contributed by atoms with Crippen molar-refractivity contribution in [3.05, 3.63) is 0 Å². The third kappa shape index (κ3) is 5.04. The van der Waals surface area contributed by atoms with Gasteiger partial charge in [-0.05, 0) is 18.3 Å². The molecule has 1 fully saturated rings. The molecule has 2 atom stereocenters. The van der Waals surface area contributed by atoms with Crippen molar-refractivity contribution in [1.29, 1.82) is 0 Å². The molecule has 5 nitrogen and oxygen atoms in total. The van der Waals surface area contributed by atoms with Gasteiger partial charge in [0.25, 0.3) is 0 Å². The zero-order valence-electron chi connectivity index (χ0n) is 10.5. The van der Waals surface area contributed by atoms with Crippen LogP contribution in [0.15, 0.2) is 0 Å². The molecule has 1 rings (SSSR count). The van der Waals surface area contributed by atoms with Crippen molar-refractivity contribution in [3.63, 3.8) is 0 Å². The number of hydrogen-bond donors (Lipinski definition) is 2. The maximum Gasteiger partial charge on any atom is 0.220 e. The molecular formula is C11H22N2O3S. The first kappa shape index (κ1) is 14.4. The molecule has 0 aromatic heterocycles. The molecule has 1 aliphatic rings. The van der Waals surface area contributed by atoms with Gasteiger partial charge in [-0.1, -0.05) is 13.8 Å². The number of carbonyl (C=O) groups is 1. The van der Waals surface area contributed by atoms with Gasteiger partial charge in [0, 0.05) is 19.0 Å². The number of rotatable bonds is 5. The van der Waals surface area contributed by atoms with Gasteiger partial charge < -0.3 is 11.1 Å². The lowest BCUT2D eigenvalue weighted by Crippen LogP contribution is -2.40. The predicted octanol–water partition coefficient (Wildman–Crippen LogP) is -0.0893. The Morgan fingerprint density at radius 3 is 2.59 bits per heavy atom. The predicted molar refractivity (Wildman–Crippen MR) is 67.2 cm³/mol. The molecule has 1 aliphatic heterocycles. The van der Waals surface area contributed by atoms with E-state index in [0.29, 0.717) is 25.3 Å². The molecule has 3 N–H and O–H groups in total. The molecule has 0 aromatic rings. The topological polar surface area (TPSA) is 89.3 Å². The third-order valence-corrected chi connectivity index (χ3v) is 5.03. The summed E-state index contributed by atoms with van der Waals surface area (Å²) in [6.45, 7) is 4.46. The fourth-order valence-electron chi connectivity index (χ4n) is 1.83. The molecule has 1 heterocycles. The second kappa shape index (κ2) is 5.82. The van der Waals surface area contributed by atoms with Crippen molar-refractivity contribution < 1.29 is 13.2 Å². The molecule has 17 heavy (non-hydrogen) atoms. The van der Waals surface area contributed by atoms with E-state index in [2.05, 4.69) is 5.32 Å². The Kier molecular flexibility index (Phi) is 4.94. The zero-order valence-corrected chi connectivity index (χ0v) is 11.3. The summed E-state index contributed by atoms with van der Waals surface area (Å²) in [5.74, 6) is 0.577. The summed E-state index contributed by atoms with van der Waals surface area (Å²) < 4.78 is 22.5. The number of sulfone groups is 1. The highest BCUT2D eigenvalue weighted by Gasteiger charge is 2.29. The molecule has 0 spiro atoms. The molecule has 1 amide bonds. The Labute approximate surface area is 103 Å². The number of nitrogens with two attached hydrogens (primary N) is 1. The Balaban J connectivity index is 2.27. The van der Waals surface area contributed by atoms with Gasteiger partial charge in [0.15, 0.2) is 9.84 Å². The van der Waals surface area contributed by atoms with Crippen molar-refractivity contribution >= 4 is 15.7 Å². The summed E-state index contributed by atoms with van der Waals surface area (Å²) in [5.41, 5.74) is 5.81. The van der Waals surface area contributed by atoms with Gasteiger partial charge in [-0.15, -0.1) is 0 Å². The second-order valence-electron chi connectivity index (χ2n) is 5.19. The van der Waals surface area contributed by atoms with Crippen LogP contribution >= 0.6 is 0 Å². The van der Waals surface area contributed by atoms with E-state index in [1.165, 1.54) is 0 Å². The lowest BCUT2D eigenvalue weighted by molar-refractivity contribution is -0.121. The standard InChI is InChI=1S/C11H22N2O3S/c1-8(2)10(12)6-13-11(14)5-9-3-4-17(15,16)7-9/h8-10H,3-7,12H2,1-2H3,(H,13,14). The third-order valence-electron chi connectivity index (χ3n) is 3.19. The van der Waals surface area contributed by atoms with Crippen LogP contribution in [0.3, 0.4) is 0 Å². The van der Waals surface area contributed by atoms with Crippen molar-refractivity contribution in [1.82, 2.24) is 5.32 Å². The highest BCUT2D eigenvalue weighted by Crippen LogP contribution is 2.21. The average molecular weight is 262 g/mol. The number of carbonyl (C=O) groups excluding carboxylic acids is 1. The van der Waals surface area contributed by atoms with Crippen LogP contribution < -0.4 is 11.1 Å². The molecule has 1 saturated heterocycles. The summed E-state index contributed by atoms with van der Waals surface area (Å²) in [7, 11) is -2.89. The van der Waals surface area contributed by atoms with E-state index in [1.807, 2.05) is 13.8 Å². The summed E-state index contributed by atoms with van der Waals surface area (Å²) >= 11 is 0. The van der Waals surface area contributed by atoms with Crippen LogP contribution in [0.2, 0.25) is 0 Å². The molecule has 2 unspecified atom stereocenters. The van der Waals surface area contributed by atoms with Crippen LogP contribution in [0.1, 0.15) is 26.7 Å². The summed E-state index contributed by atoms with van der Waals surface area (Å²) in [6.07, 6.45) is 0.899. The molecule has 0 radical (unpaired) electrons. The second-order valence-corrected chi connectivity index (χ2v) is 7.41. The Bertz CT molecular complexity index is 365. The van der Waals surface area contributed by atoms with Gasteiger partial charge in [-0.25, -0.2) is 8.42 Å². The number of hydrogen-bond acceptors (Lipinski definition) is 4. The van der Waals surface area contributed by atoms with Crippen LogP contribution in [0.4, 0.5) is 0 Å². The van der Waals surface area contributed by atoms with Crippen molar-refractivity contribution in [3.8, 4) is 0 Å². The Hall–Kier alpha value is -0.620. The SMILES string of the molecule is CC(C)C(N)CNC(=O)CC1CCS(=O)(=O)C1. The molecule has 0 bridgehead atoms. The first-order valence-electron chi connectivity index (χ1n) is 6.03. The fourth-order valence-corrected chi connectivity index (χ4v) is 3.70. The zero-order chi connectivity index (χ0) is 13.1. The van der Waals surface area contributed by atoms with Crippen molar-refractivity contribution in [2.45, 2.75) is 32.7 Å². The van der Waals surface area contributed by atoms with Crippen LogP contribution in [0.5, 0.6) is 0 Å². The van der Waals surface area contributed by atoms with Crippen molar-refractivity contribution in [2.75, 3.05) is 18.1 Å². The minimum atomic E-state index is -2.89. The quantitative estimate of drug-likeness (QED) is 0.724. The first-order chi connectivity index (χ1) is 7.80. The average Bonchev–Trinajstić information content (AvgIpc) is 2.54. The van der Waals surface area contributed by atoms with Crippen LogP contribution in [-0.4, -0.2) is 38.4 Å². The van der Waals surface area contributed by atoms with Crippen LogP contribution in [0, 0.1) is 11.8 Å². The summed E-state index contributed by atoms with van der Waals surface area (Å²) in [4.78, 5) is 11.6. The minimum Gasteiger partial charge on any atom is -0.355 e. The molecule has 0 aromatic carbocycles. The first-order valence-corrected chi connectivity index (χ1v) is 7.85. The smallest absolute Gasteiger partial charge is 0.220 e. The van der Waals surface area contributed by atoms with E-state index in [0.717, 1.165) is 0 Å². The van der Waals surface area contributed by atoms with E-state index in [9.17, 15) is 13.2 Å². The molecular weight excluding hydrogens is 240 g/mol. The van der Waals surface area contributed by atoms with Gasteiger partial charge in [0.1, 0.15) is 0 Å².